The molecular weight excluding hydrogens is 242 g/mol. The lowest BCUT2D eigenvalue weighted by Gasteiger charge is -2.08. The Balaban J connectivity index is 2.42. The summed E-state index contributed by atoms with van der Waals surface area (Å²) in [5.74, 6) is 0.354. The van der Waals surface area contributed by atoms with Gasteiger partial charge in [0.2, 0.25) is 15.8 Å². The van der Waals surface area contributed by atoms with Gasteiger partial charge < -0.3 is 0 Å². The molecule has 2 N–H and O–H groups in total. The lowest BCUT2D eigenvalue weighted by atomic mass is 10.2. The second kappa shape index (κ2) is 4.50. The average molecular weight is 253 g/mol. The summed E-state index contributed by atoms with van der Waals surface area (Å²) in [6.07, 6.45) is 0. The monoisotopic (exact) mass is 253 g/mol. The molecule has 0 spiro atoms. The van der Waals surface area contributed by atoms with Gasteiger partial charge in [0.25, 0.3) is 0 Å². The zero-order chi connectivity index (χ0) is 12.3. The van der Waals surface area contributed by atoms with Crippen molar-refractivity contribution in [3.63, 3.8) is 0 Å². The van der Waals surface area contributed by atoms with Gasteiger partial charge in [-0.3, -0.25) is 4.72 Å². The number of aromatic amines is 1. The first-order valence-electron chi connectivity index (χ1n) is 4.96. The van der Waals surface area contributed by atoms with E-state index in [0.29, 0.717) is 17.1 Å². The maximum Gasteiger partial charge on any atom is 0.232 e. The number of para-hydroxylation sites is 1. The Bertz CT molecular complexity index is 594. The fraction of sp³-hybridized carbons (Fsp3) is 0.222. The number of tetrazole rings is 1. The van der Waals surface area contributed by atoms with Crippen LogP contribution in [0.15, 0.2) is 24.3 Å². The topological polar surface area (TPSA) is 101 Å². The van der Waals surface area contributed by atoms with Gasteiger partial charge in [0.1, 0.15) is 0 Å². The molecule has 1 heterocycles. The number of hydrogen-bond acceptors (Lipinski definition) is 5. The molecule has 1 aromatic carbocycles. The molecule has 2 rings (SSSR count). The summed E-state index contributed by atoms with van der Waals surface area (Å²) < 4.78 is 25.5. The Morgan fingerprint density at radius 1 is 1.35 bits per heavy atom. The van der Waals surface area contributed by atoms with Crippen molar-refractivity contribution in [3.05, 3.63) is 24.3 Å². The van der Waals surface area contributed by atoms with E-state index in [0.717, 1.165) is 0 Å². The SMILES string of the molecule is CCS(=O)(=O)Nc1ccccc1-c1nn[nH]n1. The summed E-state index contributed by atoms with van der Waals surface area (Å²) in [7, 11) is -3.32. The number of nitrogens with zero attached hydrogens (tertiary/aromatic N) is 3. The lowest BCUT2D eigenvalue weighted by molar-refractivity contribution is 0.602. The number of sulfonamides is 1. The Morgan fingerprint density at radius 2 is 2.12 bits per heavy atom. The molecule has 90 valence electrons. The number of benzene rings is 1. The van der Waals surface area contributed by atoms with Gasteiger partial charge >= 0.3 is 0 Å². The number of H-pyrrole nitrogens is 1. The molecule has 0 bridgehead atoms. The predicted octanol–water partition coefficient (Wildman–Crippen LogP) is 0.628. The highest BCUT2D eigenvalue weighted by Gasteiger charge is 2.13. The molecule has 8 heteroatoms. The third kappa shape index (κ3) is 2.59. The van der Waals surface area contributed by atoms with E-state index >= 15 is 0 Å². The molecule has 0 radical (unpaired) electrons. The molecule has 0 saturated carbocycles. The first kappa shape index (κ1) is 11.5. The van der Waals surface area contributed by atoms with Gasteiger partial charge in [-0.15, -0.1) is 10.2 Å². The van der Waals surface area contributed by atoms with E-state index in [1.807, 2.05) is 0 Å². The minimum Gasteiger partial charge on any atom is -0.283 e. The summed E-state index contributed by atoms with van der Waals surface area (Å²) in [6.45, 7) is 1.57. The molecule has 0 amide bonds. The van der Waals surface area contributed by atoms with Crippen molar-refractivity contribution >= 4 is 15.7 Å². The van der Waals surface area contributed by atoms with Gasteiger partial charge in [0.05, 0.1) is 11.4 Å². The second-order valence-corrected chi connectivity index (χ2v) is 5.30. The maximum absolute atomic E-state index is 11.5. The van der Waals surface area contributed by atoms with Crippen LogP contribution >= 0.6 is 0 Å². The van der Waals surface area contributed by atoms with Crippen LogP contribution in [0, 0.1) is 0 Å². The van der Waals surface area contributed by atoms with Gasteiger partial charge in [-0.1, -0.05) is 12.1 Å². The van der Waals surface area contributed by atoms with Crippen molar-refractivity contribution in [2.24, 2.45) is 0 Å². The van der Waals surface area contributed by atoms with E-state index in [1.54, 1.807) is 31.2 Å². The molecule has 2 aromatic rings. The van der Waals surface area contributed by atoms with Crippen LogP contribution in [0.1, 0.15) is 6.92 Å². The number of rotatable bonds is 4. The fourth-order valence-corrected chi connectivity index (χ4v) is 1.94. The van der Waals surface area contributed by atoms with Crippen LogP contribution in [0.3, 0.4) is 0 Å². The van der Waals surface area contributed by atoms with Crippen LogP contribution < -0.4 is 4.72 Å². The largest absolute Gasteiger partial charge is 0.283 e. The average Bonchev–Trinajstić information content (AvgIpc) is 2.83. The van der Waals surface area contributed by atoms with Crippen molar-refractivity contribution in [3.8, 4) is 11.4 Å². The molecule has 0 atom stereocenters. The third-order valence-corrected chi connectivity index (χ3v) is 3.45. The van der Waals surface area contributed by atoms with Crippen LogP contribution in [0.5, 0.6) is 0 Å². The standard InChI is InChI=1S/C9H11N5O2S/c1-2-17(15,16)12-8-6-4-3-5-7(8)9-10-13-14-11-9/h3-6,12H,2H2,1H3,(H,10,11,13,14). The summed E-state index contributed by atoms with van der Waals surface area (Å²) in [5, 5.41) is 13.4. The summed E-state index contributed by atoms with van der Waals surface area (Å²) >= 11 is 0. The molecule has 0 saturated heterocycles. The highest BCUT2D eigenvalue weighted by atomic mass is 32.2. The normalized spacial score (nSPS) is 11.4. The first-order valence-corrected chi connectivity index (χ1v) is 6.61. The van der Waals surface area contributed by atoms with E-state index in [2.05, 4.69) is 25.3 Å². The van der Waals surface area contributed by atoms with E-state index in [4.69, 9.17) is 0 Å². The van der Waals surface area contributed by atoms with Crippen LogP contribution in [-0.2, 0) is 10.0 Å². The second-order valence-electron chi connectivity index (χ2n) is 3.29. The van der Waals surface area contributed by atoms with Crippen molar-refractivity contribution in [2.45, 2.75) is 6.92 Å². The zero-order valence-electron chi connectivity index (χ0n) is 9.08. The lowest BCUT2D eigenvalue weighted by Crippen LogP contribution is -2.15. The third-order valence-electron chi connectivity index (χ3n) is 2.16. The molecule has 1 aromatic heterocycles. The minimum atomic E-state index is -3.32. The highest BCUT2D eigenvalue weighted by molar-refractivity contribution is 7.92. The Hall–Kier alpha value is -1.96. The number of aromatic nitrogens is 4. The Kier molecular flexibility index (Phi) is 3.05. The van der Waals surface area contributed by atoms with Gasteiger partial charge in [0, 0.05) is 5.56 Å². The fourth-order valence-electron chi connectivity index (χ4n) is 1.28. The number of hydrogen-bond donors (Lipinski definition) is 2. The highest BCUT2D eigenvalue weighted by Crippen LogP contribution is 2.24. The number of nitrogens with one attached hydrogen (secondary N) is 2. The molecule has 0 fully saturated rings. The summed E-state index contributed by atoms with van der Waals surface area (Å²) in [4.78, 5) is 0. The van der Waals surface area contributed by atoms with Crippen LogP contribution in [0.25, 0.3) is 11.4 Å². The molecule has 0 aliphatic carbocycles. The van der Waals surface area contributed by atoms with Crippen LogP contribution in [0.4, 0.5) is 5.69 Å². The van der Waals surface area contributed by atoms with E-state index < -0.39 is 10.0 Å². The molecule has 0 aliphatic heterocycles. The molecule has 0 unspecified atom stereocenters. The van der Waals surface area contributed by atoms with Gasteiger partial charge in [0.15, 0.2) is 0 Å². The van der Waals surface area contributed by atoms with E-state index in [-0.39, 0.29) is 5.75 Å². The zero-order valence-corrected chi connectivity index (χ0v) is 9.90. The molecular formula is C9H11N5O2S. The van der Waals surface area contributed by atoms with Gasteiger partial charge in [-0.25, -0.2) is 8.42 Å². The Labute approximate surface area is 98.3 Å². The van der Waals surface area contributed by atoms with Crippen LogP contribution in [-0.4, -0.2) is 34.8 Å². The van der Waals surface area contributed by atoms with Crippen molar-refractivity contribution < 1.29 is 8.42 Å². The Morgan fingerprint density at radius 3 is 2.76 bits per heavy atom. The number of anilines is 1. The smallest absolute Gasteiger partial charge is 0.232 e. The summed E-state index contributed by atoms with van der Waals surface area (Å²) in [5.41, 5.74) is 1.02. The minimum absolute atomic E-state index is 0.00752. The molecule has 7 nitrogen and oxygen atoms in total. The quantitative estimate of drug-likeness (QED) is 0.832. The van der Waals surface area contributed by atoms with Crippen LogP contribution in [0.2, 0.25) is 0 Å². The molecule has 17 heavy (non-hydrogen) atoms. The van der Waals surface area contributed by atoms with Crippen molar-refractivity contribution in [1.82, 2.24) is 20.6 Å². The van der Waals surface area contributed by atoms with E-state index in [9.17, 15) is 8.42 Å². The summed E-state index contributed by atoms with van der Waals surface area (Å²) in [6, 6.07) is 6.88. The van der Waals surface area contributed by atoms with Crippen molar-refractivity contribution in [2.75, 3.05) is 10.5 Å². The van der Waals surface area contributed by atoms with Gasteiger partial charge in [-0.2, -0.15) is 5.21 Å². The first-order chi connectivity index (χ1) is 8.12. The van der Waals surface area contributed by atoms with E-state index in [1.165, 1.54) is 0 Å². The molecule has 0 aliphatic rings. The maximum atomic E-state index is 11.5. The van der Waals surface area contributed by atoms with Gasteiger partial charge in [-0.05, 0) is 24.3 Å². The predicted molar refractivity (Wildman–Crippen MR) is 62.7 cm³/mol. The van der Waals surface area contributed by atoms with Crippen molar-refractivity contribution in [1.29, 1.82) is 0 Å².